The minimum Gasteiger partial charge on any atom is -0.493 e. The second kappa shape index (κ2) is 9.16. The number of nitrogens with zero attached hydrogens (tertiary/aromatic N) is 3. The van der Waals surface area contributed by atoms with Crippen LogP contribution in [0.3, 0.4) is 0 Å². The predicted octanol–water partition coefficient (Wildman–Crippen LogP) is 2.66. The molecular weight excluding hydrogens is 414 g/mol. The number of rotatable bonds is 6. The van der Waals surface area contributed by atoms with Gasteiger partial charge in [0, 0.05) is 13.1 Å². The van der Waals surface area contributed by atoms with Gasteiger partial charge in [-0.25, -0.2) is 0 Å². The second-order valence-corrected chi connectivity index (χ2v) is 7.73. The number of imide groups is 1. The molecule has 2 fully saturated rings. The van der Waals surface area contributed by atoms with Crippen molar-refractivity contribution in [2.45, 2.75) is 19.3 Å². The standard InChI is InChI=1S/C19H21N3O7S/c1-28-14-8-12(13(22(26)27)10-15(14)29-2)9-16-18(24)21(19(25)30-16)11-17(23)20-6-4-3-5-7-20/h8-10H,3-7,11H2,1-2H3. The van der Waals surface area contributed by atoms with E-state index in [9.17, 15) is 24.5 Å². The first kappa shape index (κ1) is 21.6. The minimum absolute atomic E-state index is 0.00163. The van der Waals surface area contributed by atoms with Gasteiger partial charge < -0.3 is 14.4 Å². The summed E-state index contributed by atoms with van der Waals surface area (Å²) in [6.45, 7) is 0.890. The van der Waals surface area contributed by atoms with Crippen molar-refractivity contribution in [3.63, 3.8) is 0 Å². The van der Waals surface area contributed by atoms with E-state index < -0.39 is 16.1 Å². The van der Waals surface area contributed by atoms with Crippen LogP contribution in [0.15, 0.2) is 17.0 Å². The first-order chi connectivity index (χ1) is 14.3. The van der Waals surface area contributed by atoms with Crippen LogP contribution >= 0.6 is 11.8 Å². The van der Waals surface area contributed by atoms with Gasteiger partial charge in [-0.15, -0.1) is 0 Å². The molecule has 0 bridgehead atoms. The fraction of sp³-hybridized carbons (Fsp3) is 0.421. The van der Waals surface area contributed by atoms with Crippen LogP contribution in [0, 0.1) is 10.1 Å². The van der Waals surface area contributed by atoms with Crippen molar-refractivity contribution in [1.29, 1.82) is 0 Å². The number of amides is 3. The van der Waals surface area contributed by atoms with Gasteiger partial charge in [-0.1, -0.05) is 0 Å². The number of thioether (sulfide) groups is 1. The Kier molecular flexibility index (Phi) is 6.60. The van der Waals surface area contributed by atoms with Crippen LogP contribution in [0.5, 0.6) is 11.5 Å². The number of carbonyl (C=O) groups is 3. The van der Waals surface area contributed by atoms with Gasteiger partial charge in [0.2, 0.25) is 5.91 Å². The molecule has 2 saturated heterocycles. The van der Waals surface area contributed by atoms with Crippen LogP contribution in [-0.4, -0.2) is 65.6 Å². The Morgan fingerprint density at radius 3 is 2.40 bits per heavy atom. The van der Waals surface area contributed by atoms with Crippen molar-refractivity contribution in [3.8, 4) is 11.5 Å². The van der Waals surface area contributed by atoms with Crippen molar-refractivity contribution in [2.75, 3.05) is 33.9 Å². The summed E-state index contributed by atoms with van der Waals surface area (Å²) in [5, 5.41) is 10.9. The number of benzene rings is 1. The molecular formula is C19H21N3O7S. The Labute approximate surface area is 176 Å². The molecule has 160 valence electrons. The summed E-state index contributed by atoms with van der Waals surface area (Å²) in [6.07, 6.45) is 4.11. The number of ether oxygens (including phenoxy) is 2. The van der Waals surface area contributed by atoms with Gasteiger partial charge in [0.1, 0.15) is 6.54 Å². The van der Waals surface area contributed by atoms with Crippen molar-refractivity contribution in [3.05, 3.63) is 32.7 Å². The SMILES string of the molecule is COc1cc(C=C2SC(=O)N(CC(=O)N3CCCCC3)C2=O)c([N+](=O)[O-])cc1OC. The maximum absolute atomic E-state index is 12.7. The van der Waals surface area contributed by atoms with Gasteiger partial charge in [-0.2, -0.15) is 0 Å². The van der Waals surface area contributed by atoms with E-state index in [0.29, 0.717) is 24.9 Å². The average molecular weight is 435 g/mol. The molecule has 2 aliphatic heterocycles. The van der Waals surface area contributed by atoms with Gasteiger partial charge in [-0.05, 0) is 43.2 Å². The van der Waals surface area contributed by atoms with Crippen molar-refractivity contribution in [2.24, 2.45) is 0 Å². The lowest BCUT2D eigenvalue weighted by Crippen LogP contribution is -2.44. The molecule has 11 heteroatoms. The molecule has 0 aliphatic carbocycles. The third-order valence-electron chi connectivity index (χ3n) is 4.89. The fourth-order valence-electron chi connectivity index (χ4n) is 3.31. The van der Waals surface area contributed by atoms with E-state index in [0.717, 1.165) is 24.2 Å². The Bertz CT molecular complexity index is 925. The molecule has 2 aliphatic rings. The molecule has 0 N–H and O–H groups in total. The van der Waals surface area contributed by atoms with Gasteiger partial charge in [0.05, 0.1) is 35.7 Å². The number of piperidine rings is 1. The van der Waals surface area contributed by atoms with Crippen LogP contribution in [0.1, 0.15) is 24.8 Å². The number of hydrogen-bond donors (Lipinski definition) is 0. The van der Waals surface area contributed by atoms with Crippen LogP contribution in [0.2, 0.25) is 0 Å². The maximum atomic E-state index is 12.7. The van der Waals surface area contributed by atoms with E-state index in [1.54, 1.807) is 4.90 Å². The zero-order chi connectivity index (χ0) is 21.8. The molecule has 1 aromatic carbocycles. The topological polar surface area (TPSA) is 119 Å². The first-order valence-corrected chi connectivity index (χ1v) is 10.1. The fourth-order valence-corrected chi connectivity index (χ4v) is 4.14. The monoisotopic (exact) mass is 435 g/mol. The zero-order valence-electron chi connectivity index (χ0n) is 16.6. The quantitative estimate of drug-likeness (QED) is 0.380. The smallest absolute Gasteiger partial charge is 0.294 e. The van der Waals surface area contributed by atoms with E-state index in [1.165, 1.54) is 32.4 Å². The van der Waals surface area contributed by atoms with E-state index >= 15 is 0 Å². The van der Waals surface area contributed by atoms with Crippen molar-refractivity contribution < 1.29 is 28.8 Å². The highest BCUT2D eigenvalue weighted by Crippen LogP contribution is 2.38. The summed E-state index contributed by atoms with van der Waals surface area (Å²) in [5.41, 5.74) is -0.214. The summed E-state index contributed by atoms with van der Waals surface area (Å²) in [5.74, 6) is -0.523. The zero-order valence-corrected chi connectivity index (χ0v) is 17.4. The maximum Gasteiger partial charge on any atom is 0.294 e. The van der Waals surface area contributed by atoms with Crippen LogP contribution in [0.4, 0.5) is 10.5 Å². The lowest BCUT2D eigenvalue weighted by atomic mass is 10.1. The number of nitro benzene ring substituents is 1. The molecule has 1 aromatic rings. The summed E-state index contributed by atoms with van der Waals surface area (Å²) in [6, 6.07) is 2.55. The number of likely N-dealkylation sites (tertiary alicyclic amines) is 1. The van der Waals surface area contributed by atoms with Crippen molar-refractivity contribution in [1.82, 2.24) is 9.80 Å². The molecule has 0 radical (unpaired) electrons. The molecule has 10 nitrogen and oxygen atoms in total. The van der Waals surface area contributed by atoms with E-state index in [-0.39, 0.29) is 40.1 Å². The summed E-state index contributed by atoms with van der Waals surface area (Å²) >= 11 is 0.642. The molecule has 0 atom stereocenters. The van der Waals surface area contributed by atoms with Gasteiger partial charge in [0.15, 0.2) is 11.5 Å². The molecule has 3 amide bonds. The van der Waals surface area contributed by atoms with Crippen molar-refractivity contribution >= 4 is 40.6 Å². The van der Waals surface area contributed by atoms with Crippen LogP contribution in [0.25, 0.3) is 6.08 Å². The summed E-state index contributed by atoms with van der Waals surface area (Å²) in [7, 11) is 2.74. The molecule has 0 unspecified atom stereocenters. The van der Waals surface area contributed by atoms with Gasteiger partial charge >= 0.3 is 0 Å². The lowest BCUT2D eigenvalue weighted by Gasteiger charge is -2.27. The Morgan fingerprint density at radius 2 is 1.80 bits per heavy atom. The van der Waals surface area contributed by atoms with E-state index in [1.807, 2.05) is 0 Å². The largest absolute Gasteiger partial charge is 0.493 e. The molecule has 0 aromatic heterocycles. The normalized spacial score (nSPS) is 18.1. The summed E-state index contributed by atoms with van der Waals surface area (Å²) in [4.78, 5) is 50.8. The Morgan fingerprint density at radius 1 is 1.17 bits per heavy atom. The third kappa shape index (κ3) is 4.40. The third-order valence-corrected chi connectivity index (χ3v) is 5.80. The average Bonchev–Trinajstić information content (AvgIpc) is 3.01. The molecule has 0 spiro atoms. The van der Waals surface area contributed by atoms with Gasteiger partial charge in [0.25, 0.3) is 16.8 Å². The highest BCUT2D eigenvalue weighted by atomic mass is 32.2. The minimum atomic E-state index is -0.653. The first-order valence-electron chi connectivity index (χ1n) is 9.29. The highest BCUT2D eigenvalue weighted by Gasteiger charge is 2.37. The van der Waals surface area contributed by atoms with Crippen LogP contribution < -0.4 is 9.47 Å². The summed E-state index contributed by atoms with van der Waals surface area (Å²) < 4.78 is 10.3. The number of carbonyl (C=O) groups excluding carboxylic acids is 3. The number of methoxy groups -OCH3 is 2. The van der Waals surface area contributed by atoms with Crippen LogP contribution in [-0.2, 0) is 9.59 Å². The lowest BCUT2D eigenvalue weighted by molar-refractivity contribution is -0.385. The second-order valence-electron chi connectivity index (χ2n) is 6.73. The Hall–Kier alpha value is -3.08. The highest BCUT2D eigenvalue weighted by molar-refractivity contribution is 8.18. The number of nitro groups is 1. The predicted molar refractivity (Wildman–Crippen MR) is 109 cm³/mol. The molecule has 3 rings (SSSR count). The van der Waals surface area contributed by atoms with Gasteiger partial charge in [-0.3, -0.25) is 29.4 Å². The molecule has 30 heavy (non-hydrogen) atoms. The molecule has 2 heterocycles. The van der Waals surface area contributed by atoms with E-state index in [4.69, 9.17) is 9.47 Å². The molecule has 0 saturated carbocycles. The Balaban J connectivity index is 1.86. The number of hydrogen-bond acceptors (Lipinski definition) is 8. The van der Waals surface area contributed by atoms with E-state index in [2.05, 4.69) is 0 Å².